The highest BCUT2D eigenvalue weighted by Crippen LogP contribution is 2.28. The Bertz CT molecular complexity index is 963. The third-order valence-corrected chi connectivity index (χ3v) is 5.15. The minimum absolute atomic E-state index is 0.173. The summed E-state index contributed by atoms with van der Waals surface area (Å²) in [6.07, 6.45) is 6.98. The molecule has 0 amide bonds. The van der Waals surface area contributed by atoms with Crippen LogP contribution < -0.4 is 4.74 Å². The summed E-state index contributed by atoms with van der Waals surface area (Å²) in [4.78, 5) is 11.7. The molecule has 0 radical (unpaired) electrons. The average Bonchev–Trinajstić information content (AvgIpc) is 3.15. The van der Waals surface area contributed by atoms with Gasteiger partial charge in [-0.2, -0.15) is 0 Å². The number of hydrogen-bond acceptors (Lipinski definition) is 4. The molecule has 2 aromatic carbocycles. The minimum atomic E-state index is -0.495. The zero-order valence-corrected chi connectivity index (χ0v) is 20.0. The lowest BCUT2D eigenvalue weighted by Crippen LogP contribution is -2.10. The zero-order chi connectivity index (χ0) is 22.6. The van der Waals surface area contributed by atoms with E-state index in [1.807, 2.05) is 18.2 Å². The van der Waals surface area contributed by atoms with Crippen LogP contribution in [0, 0.1) is 5.82 Å². The number of furan rings is 1. The summed E-state index contributed by atoms with van der Waals surface area (Å²) in [7, 11) is 0. The lowest BCUT2D eigenvalue weighted by Gasteiger charge is -2.11. The Morgan fingerprint density at radius 2 is 1.84 bits per heavy atom. The number of rotatable bonds is 9. The zero-order valence-electron chi connectivity index (χ0n) is 18.4. The Morgan fingerprint density at radius 3 is 2.52 bits per heavy atom. The van der Waals surface area contributed by atoms with Gasteiger partial charge < -0.3 is 13.9 Å². The number of ether oxygens (including phenoxy) is 2. The van der Waals surface area contributed by atoms with E-state index in [0.717, 1.165) is 21.0 Å². The summed E-state index contributed by atoms with van der Waals surface area (Å²) in [6.45, 7) is 6.62. The van der Waals surface area contributed by atoms with Crippen LogP contribution in [0.3, 0.4) is 0 Å². The van der Waals surface area contributed by atoms with Gasteiger partial charge in [0.15, 0.2) is 0 Å². The van der Waals surface area contributed by atoms with E-state index in [4.69, 9.17) is 13.9 Å². The molecule has 1 heterocycles. The SMILES string of the molecule is CCCCCC.CCOC(=O)Cc1c(F)cccc1OCc1coc2ccc(Br)cc12. The van der Waals surface area contributed by atoms with Crippen LogP contribution in [0.1, 0.15) is 57.6 Å². The van der Waals surface area contributed by atoms with Crippen molar-refractivity contribution in [2.45, 2.75) is 59.5 Å². The molecule has 0 unspecified atom stereocenters. The third-order valence-electron chi connectivity index (χ3n) is 4.66. The fraction of sp³-hybridized carbons (Fsp3) is 0.400. The Labute approximate surface area is 191 Å². The van der Waals surface area contributed by atoms with Crippen molar-refractivity contribution in [2.24, 2.45) is 0 Å². The molecule has 3 rings (SSSR count). The Kier molecular flexibility index (Phi) is 10.6. The van der Waals surface area contributed by atoms with E-state index < -0.39 is 11.8 Å². The molecule has 0 aliphatic rings. The predicted octanol–water partition coefficient (Wildman–Crippen LogP) is 7.61. The molecule has 0 spiro atoms. The maximum Gasteiger partial charge on any atom is 0.310 e. The molecule has 0 atom stereocenters. The van der Waals surface area contributed by atoms with Crippen molar-refractivity contribution in [3.63, 3.8) is 0 Å². The molecule has 0 aliphatic heterocycles. The van der Waals surface area contributed by atoms with Gasteiger partial charge in [0.1, 0.15) is 23.8 Å². The van der Waals surface area contributed by atoms with Crippen molar-refractivity contribution >= 4 is 32.9 Å². The van der Waals surface area contributed by atoms with Crippen LogP contribution in [0.2, 0.25) is 0 Å². The van der Waals surface area contributed by atoms with Crippen molar-refractivity contribution < 1.29 is 23.1 Å². The molecule has 168 valence electrons. The van der Waals surface area contributed by atoms with Gasteiger partial charge in [-0.15, -0.1) is 0 Å². The molecule has 0 N–H and O–H groups in total. The van der Waals surface area contributed by atoms with Gasteiger partial charge in [0.05, 0.1) is 19.3 Å². The molecule has 3 aromatic rings. The normalized spacial score (nSPS) is 10.5. The number of unbranched alkanes of at least 4 members (excludes halogenated alkanes) is 3. The Morgan fingerprint density at radius 1 is 1.10 bits per heavy atom. The average molecular weight is 493 g/mol. The molecule has 4 nitrogen and oxygen atoms in total. The van der Waals surface area contributed by atoms with Gasteiger partial charge in [0, 0.05) is 21.0 Å². The first-order chi connectivity index (χ1) is 15.0. The summed E-state index contributed by atoms with van der Waals surface area (Å²) in [6, 6.07) is 10.2. The molecule has 0 fully saturated rings. The first-order valence-electron chi connectivity index (χ1n) is 10.7. The van der Waals surface area contributed by atoms with Crippen molar-refractivity contribution in [2.75, 3.05) is 6.61 Å². The van der Waals surface area contributed by atoms with Gasteiger partial charge in [0.25, 0.3) is 0 Å². The molecule has 0 saturated heterocycles. The smallest absolute Gasteiger partial charge is 0.310 e. The fourth-order valence-electron chi connectivity index (χ4n) is 3.02. The fourth-order valence-corrected chi connectivity index (χ4v) is 3.38. The van der Waals surface area contributed by atoms with Crippen LogP contribution in [0.4, 0.5) is 4.39 Å². The van der Waals surface area contributed by atoms with Gasteiger partial charge in [0.2, 0.25) is 0 Å². The maximum atomic E-state index is 14.1. The molecular weight excluding hydrogens is 463 g/mol. The molecular formula is C25H30BrFO4. The van der Waals surface area contributed by atoms with Gasteiger partial charge in [-0.1, -0.05) is 61.5 Å². The second-order valence-corrected chi connectivity index (χ2v) is 8.01. The van der Waals surface area contributed by atoms with Gasteiger partial charge >= 0.3 is 5.97 Å². The highest BCUT2D eigenvalue weighted by atomic mass is 79.9. The first-order valence-corrected chi connectivity index (χ1v) is 11.5. The van der Waals surface area contributed by atoms with E-state index in [9.17, 15) is 9.18 Å². The summed E-state index contributed by atoms with van der Waals surface area (Å²) < 4.78 is 31.2. The first kappa shape index (κ1) is 24.9. The number of carbonyl (C=O) groups excluding carboxylic acids is 1. The Balaban J connectivity index is 0.000000501. The molecule has 0 aliphatic carbocycles. The number of carbonyl (C=O) groups is 1. The van der Waals surface area contributed by atoms with E-state index in [2.05, 4.69) is 29.8 Å². The maximum absolute atomic E-state index is 14.1. The van der Waals surface area contributed by atoms with Crippen molar-refractivity contribution in [1.29, 1.82) is 0 Å². The van der Waals surface area contributed by atoms with Crippen molar-refractivity contribution in [1.82, 2.24) is 0 Å². The van der Waals surface area contributed by atoms with Gasteiger partial charge in [-0.25, -0.2) is 4.39 Å². The van der Waals surface area contributed by atoms with E-state index in [1.54, 1.807) is 25.3 Å². The van der Waals surface area contributed by atoms with Crippen LogP contribution in [-0.4, -0.2) is 12.6 Å². The van der Waals surface area contributed by atoms with Gasteiger partial charge in [-0.3, -0.25) is 4.79 Å². The predicted molar refractivity (Wildman–Crippen MR) is 125 cm³/mol. The lowest BCUT2D eigenvalue weighted by molar-refractivity contribution is -0.142. The molecule has 31 heavy (non-hydrogen) atoms. The summed E-state index contributed by atoms with van der Waals surface area (Å²) >= 11 is 3.43. The topological polar surface area (TPSA) is 48.7 Å². The number of fused-ring (bicyclic) bond motifs is 1. The Hall–Kier alpha value is -2.34. The van der Waals surface area contributed by atoms with E-state index in [-0.39, 0.29) is 25.2 Å². The monoisotopic (exact) mass is 492 g/mol. The van der Waals surface area contributed by atoms with Crippen LogP contribution in [0.5, 0.6) is 5.75 Å². The van der Waals surface area contributed by atoms with Crippen molar-refractivity contribution in [3.8, 4) is 5.75 Å². The van der Waals surface area contributed by atoms with E-state index in [1.165, 1.54) is 31.7 Å². The van der Waals surface area contributed by atoms with Crippen LogP contribution >= 0.6 is 15.9 Å². The highest BCUT2D eigenvalue weighted by molar-refractivity contribution is 9.10. The summed E-state index contributed by atoms with van der Waals surface area (Å²) in [5.74, 6) is -0.669. The summed E-state index contributed by atoms with van der Waals surface area (Å²) in [5.41, 5.74) is 1.77. The van der Waals surface area contributed by atoms with Crippen LogP contribution in [0.15, 0.2) is 51.6 Å². The van der Waals surface area contributed by atoms with Gasteiger partial charge in [-0.05, 0) is 37.3 Å². The standard InChI is InChI=1S/C19H16BrFO4.C6H14/c1-2-23-19(22)9-15-16(21)4-3-5-17(15)24-10-12-11-25-18-7-6-13(20)8-14(12)18;1-3-5-6-4-2/h3-8,11H,2,9-10H2,1H3;3-6H2,1-2H3. The molecule has 6 heteroatoms. The summed E-state index contributed by atoms with van der Waals surface area (Å²) in [5, 5.41) is 0.915. The highest BCUT2D eigenvalue weighted by Gasteiger charge is 2.16. The largest absolute Gasteiger partial charge is 0.488 e. The number of hydrogen-bond donors (Lipinski definition) is 0. The third kappa shape index (κ3) is 7.69. The molecule has 0 bridgehead atoms. The molecule has 1 aromatic heterocycles. The van der Waals surface area contributed by atoms with E-state index in [0.29, 0.717) is 5.75 Å². The number of esters is 1. The molecule has 0 saturated carbocycles. The second-order valence-electron chi connectivity index (χ2n) is 7.10. The quantitative estimate of drug-likeness (QED) is 0.227. The van der Waals surface area contributed by atoms with E-state index >= 15 is 0 Å². The minimum Gasteiger partial charge on any atom is -0.488 e. The van der Waals surface area contributed by atoms with Crippen LogP contribution in [-0.2, 0) is 22.6 Å². The van der Waals surface area contributed by atoms with Crippen molar-refractivity contribution in [3.05, 3.63) is 64.1 Å². The number of halogens is 2. The lowest BCUT2D eigenvalue weighted by atomic mass is 10.1. The number of benzene rings is 2. The second kappa shape index (κ2) is 13.2. The van der Waals surface area contributed by atoms with Crippen LogP contribution in [0.25, 0.3) is 11.0 Å².